The van der Waals surface area contributed by atoms with Crippen molar-refractivity contribution in [1.29, 1.82) is 0 Å². The molecule has 4 atom stereocenters. The van der Waals surface area contributed by atoms with Gasteiger partial charge in [0.1, 0.15) is 5.54 Å². The number of benzene rings is 2. The molecular formula is C26H27ClN4O4. The molecule has 35 heavy (non-hydrogen) atoms. The first-order valence-electron chi connectivity index (χ1n) is 11.8. The molecule has 2 aromatic rings. The summed E-state index contributed by atoms with van der Waals surface area (Å²) in [5.74, 6) is -4.00. The fourth-order valence-corrected chi connectivity index (χ4v) is 6.15. The Morgan fingerprint density at radius 1 is 1.14 bits per heavy atom. The van der Waals surface area contributed by atoms with Crippen molar-refractivity contribution in [2.24, 2.45) is 17.6 Å². The lowest BCUT2D eigenvalue weighted by atomic mass is 9.76. The molecule has 8 nitrogen and oxygen atoms in total. The average Bonchev–Trinajstić information content (AvgIpc) is 3.38. The number of nitrogens with one attached hydrogen (secondary N) is 2. The Hall–Kier alpha value is -3.23. The number of primary amides is 1. The molecule has 182 valence electrons. The average molecular weight is 495 g/mol. The van der Waals surface area contributed by atoms with E-state index in [-0.39, 0.29) is 6.42 Å². The molecule has 0 saturated carbocycles. The van der Waals surface area contributed by atoms with Crippen LogP contribution in [-0.2, 0) is 31.1 Å². The quantitative estimate of drug-likeness (QED) is 0.533. The van der Waals surface area contributed by atoms with Crippen molar-refractivity contribution in [3.8, 4) is 0 Å². The van der Waals surface area contributed by atoms with Crippen molar-refractivity contribution in [2.45, 2.75) is 51.1 Å². The van der Waals surface area contributed by atoms with E-state index in [0.29, 0.717) is 22.0 Å². The number of carbonyl (C=O) groups is 4. The van der Waals surface area contributed by atoms with Gasteiger partial charge in [0.25, 0.3) is 0 Å². The third-order valence-electron chi connectivity index (χ3n) is 7.35. The van der Waals surface area contributed by atoms with Gasteiger partial charge in [-0.05, 0) is 49.1 Å². The fraction of sp³-hybridized carbons (Fsp3) is 0.385. The smallest absolute Gasteiger partial charge is 0.250 e. The van der Waals surface area contributed by atoms with E-state index in [1.165, 1.54) is 0 Å². The molecule has 4 N–H and O–H groups in total. The zero-order chi connectivity index (χ0) is 25.1. The number of aryl methyl sites for hydroxylation is 2. The van der Waals surface area contributed by atoms with Crippen LogP contribution in [0.1, 0.15) is 42.9 Å². The van der Waals surface area contributed by atoms with E-state index in [0.717, 1.165) is 35.3 Å². The monoisotopic (exact) mass is 494 g/mol. The molecule has 2 saturated heterocycles. The van der Waals surface area contributed by atoms with Crippen LogP contribution in [-0.4, -0.2) is 29.7 Å². The van der Waals surface area contributed by atoms with Crippen LogP contribution < -0.4 is 21.3 Å². The Balaban J connectivity index is 1.61. The Labute approximate surface area is 208 Å². The molecule has 2 fully saturated rings. The van der Waals surface area contributed by atoms with E-state index < -0.39 is 47.0 Å². The largest absolute Gasteiger partial charge is 0.370 e. The summed E-state index contributed by atoms with van der Waals surface area (Å²) in [7, 11) is 0. The maximum absolute atomic E-state index is 13.9. The van der Waals surface area contributed by atoms with Crippen LogP contribution in [0.5, 0.6) is 0 Å². The number of unbranched alkanes of at least 4 members (excludes halogenated alkanes) is 1. The molecule has 1 spiro atoms. The molecule has 4 amide bonds. The molecule has 3 aliphatic rings. The third kappa shape index (κ3) is 3.46. The van der Waals surface area contributed by atoms with E-state index in [1.54, 1.807) is 24.3 Å². The topological polar surface area (TPSA) is 122 Å². The van der Waals surface area contributed by atoms with Crippen molar-refractivity contribution in [3.63, 3.8) is 0 Å². The van der Waals surface area contributed by atoms with E-state index in [1.807, 2.05) is 19.1 Å². The Morgan fingerprint density at radius 2 is 1.86 bits per heavy atom. The second kappa shape index (κ2) is 8.46. The second-order valence-corrected chi connectivity index (χ2v) is 10.0. The number of halogens is 1. The Bertz CT molecular complexity index is 1260. The van der Waals surface area contributed by atoms with Gasteiger partial charge in [0.2, 0.25) is 23.6 Å². The number of rotatable bonds is 6. The van der Waals surface area contributed by atoms with E-state index >= 15 is 0 Å². The van der Waals surface area contributed by atoms with Crippen LogP contribution in [0.25, 0.3) is 0 Å². The lowest BCUT2D eigenvalue weighted by Crippen LogP contribution is -2.53. The predicted octanol–water partition coefficient (Wildman–Crippen LogP) is 2.79. The van der Waals surface area contributed by atoms with Crippen LogP contribution in [0.15, 0.2) is 36.4 Å². The zero-order valence-corrected chi connectivity index (χ0v) is 20.3. The first kappa shape index (κ1) is 23.5. The summed E-state index contributed by atoms with van der Waals surface area (Å²) in [4.78, 5) is 54.2. The molecule has 0 aliphatic carbocycles. The van der Waals surface area contributed by atoms with Crippen LogP contribution in [0, 0.1) is 18.8 Å². The molecule has 0 radical (unpaired) electrons. The highest BCUT2D eigenvalue weighted by molar-refractivity contribution is 6.35. The molecular weight excluding hydrogens is 468 g/mol. The van der Waals surface area contributed by atoms with Crippen molar-refractivity contribution in [2.75, 3.05) is 10.2 Å². The maximum atomic E-state index is 13.9. The van der Waals surface area contributed by atoms with Crippen molar-refractivity contribution in [1.82, 2.24) is 5.32 Å². The fourth-order valence-electron chi connectivity index (χ4n) is 5.83. The maximum Gasteiger partial charge on any atom is 0.250 e. The number of carbonyl (C=O) groups excluding carboxylic acids is 4. The summed E-state index contributed by atoms with van der Waals surface area (Å²) in [6.07, 6.45) is 2.84. The number of hydrogen-bond acceptors (Lipinski definition) is 5. The molecule has 3 aliphatic heterocycles. The van der Waals surface area contributed by atoms with Gasteiger partial charge >= 0.3 is 0 Å². The molecule has 5 rings (SSSR count). The van der Waals surface area contributed by atoms with Crippen molar-refractivity contribution < 1.29 is 19.2 Å². The normalized spacial score (nSPS) is 26.9. The molecule has 2 aromatic carbocycles. The van der Waals surface area contributed by atoms with Crippen LogP contribution >= 0.6 is 11.6 Å². The molecule has 0 aromatic heterocycles. The van der Waals surface area contributed by atoms with Crippen molar-refractivity contribution in [3.05, 3.63) is 58.1 Å². The molecule has 3 heterocycles. The number of anilines is 2. The number of nitrogens with zero attached hydrogens (tertiary/aromatic N) is 1. The number of amides is 4. The van der Waals surface area contributed by atoms with Gasteiger partial charge in [0.15, 0.2) is 0 Å². The molecule has 0 bridgehead atoms. The summed E-state index contributed by atoms with van der Waals surface area (Å²) in [5, 5.41) is 6.33. The summed E-state index contributed by atoms with van der Waals surface area (Å²) in [5.41, 5.74) is 7.25. The number of imide groups is 1. The van der Waals surface area contributed by atoms with E-state index in [2.05, 4.69) is 17.6 Å². The van der Waals surface area contributed by atoms with Gasteiger partial charge in [-0.15, -0.1) is 0 Å². The van der Waals surface area contributed by atoms with Gasteiger partial charge in [-0.2, -0.15) is 0 Å². The van der Waals surface area contributed by atoms with Gasteiger partial charge < -0.3 is 11.1 Å². The van der Waals surface area contributed by atoms with Crippen LogP contribution in [0.4, 0.5) is 11.4 Å². The highest BCUT2D eigenvalue weighted by Gasteiger charge is 2.71. The summed E-state index contributed by atoms with van der Waals surface area (Å²) >= 11 is 6.43. The van der Waals surface area contributed by atoms with Crippen molar-refractivity contribution >= 4 is 46.6 Å². The minimum Gasteiger partial charge on any atom is -0.370 e. The highest BCUT2D eigenvalue weighted by Crippen LogP contribution is 2.55. The van der Waals surface area contributed by atoms with Crippen LogP contribution in [0.2, 0.25) is 5.02 Å². The minimum absolute atomic E-state index is 0.187. The van der Waals surface area contributed by atoms with Gasteiger partial charge in [-0.3, -0.25) is 24.5 Å². The lowest BCUT2D eigenvalue weighted by Gasteiger charge is -2.29. The Morgan fingerprint density at radius 3 is 2.51 bits per heavy atom. The first-order chi connectivity index (χ1) is 16.7. The number of fused-ring (bicyclic) bond motifs is 4. The summed E-state index contributed by atoms with van der Waals surface area (Å²) in [6.45, 7) is 3.96. The minimum atomic E-state index is -1.53. The Kier molecular flexibility index (Phi) is 5.68. The van der Waals surface area contributed by atoms with Gasteiger partial charge in [0, 0.05) is 18.0 Å². The summed E-state index contributed by atoms with van der Waals surface area (Å²) < 4.78 is 0. The SMILES string of the molecule is CCCCc1ccc(N2C(=O)[C@@H]3[C@@H](C2=O)[C@@]2(N[C@@H]3CC(N)=O)C(=O)Nc3c(Cl)cc(C)cc32)cc1. The molecule has 9 heteroatoms. The van der Waals surface area contributed by atoms with Gasteiger partial charge in [0.05, 0.1) is 28.2 Å². The zero-order valence-electron chi connectivity index (χ0n) is 19.6. The standard InChI is InChI=1S/C26H27ClN4O4/c1-3-4-5-14-6-8-15(9-7-14)31-23(33)20-18(12-19(28)32)30-26(21(20)24(31)34)16-10-13(2)11-17(27)22(16)29-25(26)35/h6-11,18,20-21,30H,3-5,12H2,1-2H3,(H2,28,32)(H,29,35)/t18-,20+,21+,26-/m1/s1. The van der Waals surface area contributed by atoms with Crippen LogP contribution in [0.3, 0.4) is 0 Å². The third-order valence-corrected chi connectivity index (χ3v) is 7.65. The second-order valence-electron chi connectivity index (χ2n) is 9.64. The number of hydrogen-bond donors (Lipinski definition) is 3. The van der Waals surface area contributed by atoms with E-state index in [9.17, 15) is 19.2 Å². The lowest BCUT2D eigenvalue weighted by molar-refractivity contribution is -0.130. The summed E-state index contributed by atoms with van der Waals surface area (Å²) in [6, 6.07) is 10.1. The highest BCUT2D eigenvalue weighted by atomic mass is 35.5. The van der Waals surface area contributed by atoms with Gasteiger partial charge in [-0.25, -0.2) is 4.90 Å². The number of nitrogens with two attached hydrogens (primary N) is 1. The molecule has 0 unspecified atom stereocenters. The van der Waals surface area contributed by atoms with E-state index in [4.69, 9.17) is 17.3 Å². The predicted molar refractivity (Wildman–Crippen MR) is 132 cm³/mol. The van der Waals surface area contributed by atoms with Gasteiger partial charge in [-0.1, -0.05) is 43.1 Å². The first-order valence-corrected chi connectivity index (χ1v) is 12.2.